The first kappa shape index (κ1) is 19.0. The summed E-state index contributed by atoms with van der Waals surface area (Å²) in [6, 6.07) is 0. The molecular weight excluding hydrogens is 304 g/mol. The quantitative estimate of drug-likeness (QED) is 0.626. The first-order chi connectivity index (χ1) is 11.1. The Morgan fingerprint density at radius 3 is 2.50 bits per heavy atom. The van der Waals surface area contributed by atoms with Crippen molar-refractivity contribution in [2.24, 2.45) is 10.4 Å². The van der Waals surface area contributed by atoms with Crippen molar-refractivity contribution in [3.05, 3.63) is 0 Å². The van der Waals surface area contributed by atoms with E-state index in [9.17, 15) is 4.79 Å². The van der Waals surface area contributed by atoms with E-state index in [4.69, 9.17) is 4.74 Å². The van der Waals surface area contributed by atoms with E-state index >= 15 is 0 Å². The lowest BCUT2D eigenvalue weighted by Crippen LogP contribution is -2.72. The molecule has 2 aliphatic rings. The largest absolute Gasteiger partial charge is 0.376 e. The molecule has 0 aromatic heterocycles. The maximum absolute atomic E-state index is 11.9. The van der Waals surface area contributed by atoms with E-state index < -0.39 is 0 Å². The Balaban J connectivity index is 2.04. The van der Waals surface area contributed by atoms with Gasteiger partial charge in [0.1, 0.15) is 6.54 Å². The van der Waals surface area contributed by atoms with Gasteiger partial charge < -0.3 is 19.9 Å². The second-order valence-corrected chi connectivity index (χ2v) is 8.33. The Bertz CT molecular complexity index is 479. The topological polar surface area (TPSA) is 57.2 Å². The van der Waals surface area contributed by atoms with Gasteiger partial charge in [-0.05, 0) is 33.1 Å². The van der Waals surface area contributed by atoms with E-state index in [1.165, 1.54) is 6.42 Å². The van der Waals surface area contributed by atoms with Crippen LogP contribution in [-0.2, 0) is 9.53 Å². The third-order valence-corrected chi connectivity index (χ3v) is 5.76. The van der Waals surface area contributed by atoms with Gasteiger partial charge in [-0.3, -0.25) is 4.79 Å². The third-order valence-electron chi connectivity index (χ3n) is 5.76. The van der Waals surface area contributed by atoms with Crippen LogP contribution in [0.15, 0.2) is 4.99 Å². The summed E-state index contributed by atoms with van der Waals surface area (Å²) in [4.78, 5) is 20.4. The molecule has 2 heterocycles. The van der Waals surface area contributed by atoms with E-state index in [2.05, 4.69) is 42.9 Å². The molecule has 0 aliphatic carbocycles. The zero-order valence-electron chi connectivity index (χ0n) is 16.2. The van der Waals surface area contributed by atoms with Crippen LogP contribution in [-0.4, -0.2) is 73.6 Å². The zero-order valence-corrected chi connectivity index (χ0v) is 16.2. The van der Waals surface area contributed by atoms with Crippen LogP contribution in [0.1, 0.15) is 47.0 Å². The molecule has 2 saturated heterocycles. The maximum atomic E-state index is 11.9. The Morgan fingerprint density at radius 2 is 2.00 bits per heavy atom. The molecule has 6 nitrogen and oxygen atoms in total. The van der Waals surface area contributed by atoms with Gasteiger partial charge in [-0.25, -0.2) is 4.99 Å². The molecule has 0 radical (unpaired) electrons. The van der Waals surface area contributed by atoms with Gasteiger partial charge in [0.2, 0.25) is 5.91 Å². The highest BCUT2D eigenvalue weighted by Crippen LogP contribution is 2.46. The van der Waals surface area contributed by atoms with Gasteiger partial charge in [0.05, 0.1) is 6.10 Å². The smallest absolute Gasteiger partial charge is 0.243 e. The van der Waals surface area contributed by atoms with Crippen LogP contribution in [0.25, 0.3) is 0 Å². The van der Waals surface area contributed by atoms with E-state index in [0.717, 1.165) is 38.5 Å². The molecule has 0 aromatic rings. The SMILES string of the molecule is CN(C)C(=O)CN=C(NCC1CCCCO1)N1CC(C)(C)C1(C)C. The highest BCUT2D eigenvalue weighted by Gasteiger charge is 2.53. The van der Waals surface area contributed by atoms with Crippen LogP contribution >= 0.6 is 0 Å². The van der Waals surface area contributed by atoms with Crippen LogP contribution in [0.5, 0.6) is 0 Å². The molecule has 6 heteroatoms. The standard InChI is InChI=1S/C18H34N4O2/c1-17(2)13-22(18(17,3)4)16(20-12-15(23)21(5)6)19-11-14-9-7-8-10-24-14/h14H,7-13H2,1-6H3,(H,19,20). The summed E-state index contributed by atoms with van der Waals surface area (Å²) >= 11 is 0. The zero-order chi connectivity index (χ0) is 18.0. The Hall–Kier alpha value is -1.30. The summed E-state index contributed by atoms with van der Waals surface area (Å²) in [5.41, 5.74) is 0.232. The number of nitrogens with one attached hydrogen (secondary N) is 1. The van der Waals surface area contributed by atoms with Gasteiger partial charge in [-0.1, -0.05) is 13.8 Å². The van der Waals surface area contributed by atoms with Crippen LogP contribution < -0.4 is 5.32 Å². The fourth-order valence-electron chi connectivity index (χ4n) is 3.09. The molecule has 24 heavy (non-hydrogen) atoms. The normalized spacial score (nSPS) is 25.8. The number of aliphatic imine (C=N–C) groups is 1. The number of rotatable bonds is 4. The van der Waals surface area contributed by atoms with Crippen LogP contribution in [0.2, 0.25) is 0 Å². The van der Waals surface area contributed by atoms with Crippen molar-refractivity contribution < 1.29 is 9.53 Å². The second kappa shape index (κ2) is 7.30. The number of guanidine groups is 1. The molecule has 2 aliphatic heterocycles. The molecule has 2 fully saturated rings. The Kier molecular flexibility index (Phi) is 5.78. The maximum Gasteiger partial charge on any atom is 0.243 e. The van der Waals surface area contributed by atoms with Crippen LogP contribution in [0, 0.1) is 5.41 Å². The summed E-state index contributed by atoms with van der Waals surface area (Å²) in [5.74, 6) is 0.838. The fraction of sp³-hybridized carbons (Fsp3) is 0.889. The molecular formula is C18H34N4O2. The number of carbonyl (C=O) groups excluding carboxylic acids is 1. The average Bonchev–Trinajstić information content (AvgIpc) is 2.53. The number of carbonyl (C=O) groups is 1. The predicted molar refractivity (Wildman–Crippen MR) is 97.2 cm³/mol. The summed E-state index contributed by atoms with van der Waals surface area (Å²) in [7, 11) is 3.52. The lowest BCUT2D eigenvalue weighted by Gasteiger charge is -2.62. The van der Waals surface area contributed by atoms with Crippen molar-refractivity contribution in [1.29, 1.82) is 0 Å². The highest BCUT2D eigenvalue weighted by atomic mass is 16.5. The lowest BCUT2D eigenvalue weighted by atomic mass is 9.65. The minimum atomic E-state index is 0.00736. The molecule has 0 aromatic carbocycles. The van der Waals surface area contributed by atoms with Gasteiger partial charge in [0.25, 0.3) is 0 Å². The van der Waals surface area contributed by atoms with Crippen molar-refractivity contribution in [2.45, 2.75) is 58.6 Å². The average molecular weight is 338 g/mol. The van der Waals surface area contributed by atoms with Crippen molar-refractivity contribution in [2.75, 3.05) is 40.3 Å². The number of amides is 1. The molecule has 1 N–H and O–H groups in total. The molecule has 1 atom stereocenters. The molecule has 0 spiro atoms. The second-order valence-electron chi connectivity index (χ2n) is 8.33. The first-order valence-corrected chi connectivity index (χ1v) is 9.03. The third kappa shape index (κ3) is 4.02. The molecule has 1 amide bonds. The minimum Gasteiger partial charge on any atom is -0.376 e. The summed E-state index contributed by atoms with van der Waals surface area (Å²) in [6.45, 7) is 11.7. The predicted octanol–water partition coefficient (Wildman–Crippen LogP) is 1.71. The lowest BCUT2D eigenvalue weighted by molar-refractivity contribution is -0.127. The van der Waals surface area contributed by atoms with Crippen LogP contribution in [0.3, 0.4) is 0 Å². The number of likely N-dealkylation sites (N-methyl/N-ethyl adjacent to an activating group) is 1. The van der Waals surface area contributed by atoms with Gasteiger partial charge in [0.15, 0.2) is 5.96 Å². The Morgan fingerprint density at radius 1 is 1.29 bits per heavy atom. The highest BCUT2D eigenvalue weighted by molar-refractivity contribution is 5.86. The summed E-state index contributed by atoms with van der Waals surface area (Å²) in [5, 5.41) is 3.46. The van der Waals surface area contributed by atoms with Gasteiger partial charge in [-0.2, -0.15) is 0 Å². The first-order valence-electron chi connectivity index (χ1n) is 9.03. The molecule has 1 unspecified atom stereocenters. The van der Waals surface area contributed by atoms with E-state index in [1.807, 2.05) is 0 Å². The molecule has 0 bridgehead atoms. The number of likely N-dealkylation sites (tertiary alicyclic amines) is 1. The van der Waals surface area contributed by atoms with Crippen molar-refractivity contribution in [3.8, 4) is 0 Å². The van der Waals surface area contributed by atoms with E-state index in [0.29, 0.717) is 0 Å². The molecule has 0 saturated carbocycles. The summed E-state index contributed by atoms with van der Waals surface area (Å²) in [6.07, 6.45) is 3.71. The van der Waals surface area contributed by atoms with Gasteiger partial charge in [-0.15, -0.1) is 0 Å². The molecule has 2 rings (SSSR count). The van der Waals surface area contributed by atoms with E-state index in [1.54, 1.807) is 19.0 Å². The van der Waals surface area contributed by atoms with Crippen molar-refractivity contribution in [3.63, 3.8) is 0 Å². The Labute approximate surface area is 146 Å². The number of nitrogens with zero attached hydrogens (tertiary/aromatic N) is 3. The van der Waals surface area contributed by atoms with Crippen molar-refractivity contribution in [1.82, 2.24) is 15.1 Å². The monoisotopic (exact) mass is 338 g/mol. The number of ether oxygens (including phenoxy) is 1. The number of hydrogen-bond acceptors (Lipinski definition) is 3. The minimum absolute atomic E-state index is 0.00736. The van der Waals surface area contributed by atoms with Crippen LogP contribution in [0.4, 0.5) is 0 Å². The van der Waals surface area contributed by atoms with E-state index in [-0.39, 0.29) is 29.5 Å². The van der Waals surface area contributed by atoms with Crippen molar-refractivity contribution >= 4 is 11.9 Å². The number of hydrogen-bond donors (Lipinski definition) is 1. The van der Waals surface area contributed by atoms with Gasteiger partial charge in [0, 0.05) is 44.7 Å². The molecule has 138 valence electrons. The van der Waals surface area contributed by atoms with Gasteiger partial charge >= 0.3 is 0 Å². The fourth-order valence-corrected chi connectivity index (χ4v) is 3.09. The summed E-state index contributed by atoms with van der Waals surface area (Å²) < 4.78 is 5.81.